The molecule has 2 N–H and O–H groups in total. The molecule has 0 saturated carbocycles. The van der Waals surface area contributed by atoms with Crippen LogP contribution in [-0.2, 0) is 9.59 Å². The number of hydrogen-bond acceptors (Lipinski definition) is 2. The molecule has 0 aliphatic heterocycles. The van der Waals surface area contributed by atoms with Gasteiger partial charge in [-0.15, -0.1) is 0 Å². The number of unbranched alkanes of at least 4 members (excludes halogenated alkanes) is 8. The fourth-order valence-corrected chi connectivity index (χ4v) is 6.24. The first-order valence-corrected chi connectivity index (χ1v) is 16.1. The average molecular weight is 525 g/mol. The van der Waals surface area contributed by atoms with Crippen LogP contribution in [0, 0.1) is 29.1 Å². The van der Waals surface area contributed by atoms with Gasteiger partial charge >= 0.3 is 11.9 Å². The van der Waals surface area contributed by atoms with Gasteiger partial charge in [0.25, 0.3) is 0 Å². The third-order valence-corrected chi connectivity index (χ3v) is 8.96. The smallest absolute Gasteiger partial charge is 0.309 e. The van der Waals surface area contributed by atoms with Gasteiger partial charge in [-0.25, -0.2) is 0 Å². The molecule has 0 heterocycles. The van der Waals surface area contributed by atoms with Gasteiger partial charge in [0.1, 0.15) is 0 Å². The Morgan fingerprint density at radius 3 is 1.46 bits per heavy atom. The Bertz CT molecular complexity index is 553. The minimum atomic E-state index is -0.691. The van der Waals surface area contributed by atoms with Crippen LogP contribution in [0.5, 0.6) is 0 Å². The third-order valence-electron chi connectivity index (χ3n) is 8.96. The Balaban J connectivity index is 5.32. The molecule has 0 bridgehead atoms. The van der Waals surface area contributed by atoms with Crippen LogP contribution in [0.1, 0.15) is 170 Å². The molecular formula is C33H64O4. The van der Waals surface area contributed by atoms with E-state index in [9.17, 15) is 14.7 Å². The van der Waals surface area contributed by atoms with Gasteiger partial charge in [-0.3, -0.25) is 9.59 Å². The van der Waals surface area contributed by atoms with Crippen molar-refractivity contribution in [2.45, 2.75) is 170 Å². The van der Waals surface area contributed by atoms with Gasteiger partial charge in [0, 0.05) is 6.42 Å². The van der Waals surface area contributed by atoms with Crippen molar-refractivity contribution in [3.63, 3.8) is 0 Å². The molecule has 3 atom stereocenters. The molecule has 37 heavy (non-hydrogen) atoms. The Labute approximate surface area is 230 Å². The van der Waals surface area contributed by atoms with E-state index in [1.54, 1.807) is 0 Å². The maximum absolute atomic E-state index is 13.1. The van der Waals surface area contributed by atoms with Crippen LogP contribution in [-0.4, -0.2) is 22.2 Å². The molecule has 0 aliphatic carbocycles. The van der Waals surface area contributed by atoms with Crippen molar-refractivity contribution in [2.24, 2.45) is 29.1 Å². The summed E-state index contributed by atoms with van der Waals surface area (Å²) >= 11 is 0. The molecular weight excluding hydrogens is 460 g/mol. The number of aliphatic carboxylic acids is 2. The van der Waals surface area contributed by atoms with Crippen molar-refractivity contribution in [3.05, 3.63) is 0 Å². The number of carboxylic acids is 2. The van der Waals surface area contributed by atoms with Crippen molar-refractivity contribution in [2.75, 3.05) is 0 Å². The van der Waals surface area contributed by atoms with E-state index in [1.807, 2.05) is 0 Å². The molecule has 3 unspecified atom stereocenters. The van der Waals surface area contributed by atoms with Crippen LogP contribution in [0.4, 0.5) is 0 Å². The molecule has 0 aromatic rings. The van der Waals surface area contributed by atoms with E-state index < -0.39 is 17.4 Å². The van der Waals surface area contributed by atoms with Gasteiger partial charge in [-0.1, -0.05) is 138 Å². The Kier molecular flexibility index (Phi) is 21.2. The number of carboxylic acid groups (broad SMARTS) is 2. The minimum Gasteiger partial charge on any atom is -0.481 e. The molecule has 0 aliphatic rings. The molecule has 0 rings (SSSR count). The summed E-state index contributed by atoms with van der Waals surface area (Å²) in [7, 11) is 0. The van der Waals surface area contributed by atoms with Gasteiger partial charge in [-0.2, -0.15) is 0 Å². The molecule has 0 saturated heterocycles. The molecule has 4 nitrogen and oxygen atoms in total. The minimum absolute atomic E-state index is 0.288. The van der Waals surface area contributed by atoms with Crippen molar-refractivity contribution in [1.82, 2.24) is 0 Å². The van der Waals surface area contributed by atoms with Crippen molar-refractivity contribution < 1.29 is 19.8 Å². The van der Waals surface area contributed by atoms with Crippen LogP contribution in [0.25, 0.3) is 0 Å². The predicted octanol–water partition coefficient (Wildman–Crippen LogP) is 10.5. The maximum atomic E-state index is 13.1. The molecule has 0 radical (unpaired) electrons. The highest BCUT2D eigenvalue weighted by molar-refractivity contribution is 5.74. The largest absolute Gasteiger partial charge is 0.481 e. The summed E-state index contributed by atoms with van der Waals surface area (Å²) in [6.07, 6.45) is 20.9. The lowest BCUT2D eigenvalue weighted by Crippen LogP contribution is -2.38. The summed E-state index contributed by atoms with van der Waals surface area (Å²) in [4.78, 5) is 23.8. The first kappa shape index (κ1) is 35.9. The molecule has 0 spiro atoms. The summed E-state index contributed by atoms with van der Waals surface area (Å²) in [5.74, 6) is 0.746. The SMILES string of the molecule is CCCCC(CC)CC(CC(CC)CCCC)(CC(CCCCCCCCCC(=O)O)C(C)C)C(=O)O. The molecule has 4 heteroatoms. The van der Waals surface area contributed by atoms with Gasteiger partial charge in [0.15, 0.2) is 0 Å². The van der Waals surface area contributed by atoms with E-state index in [0.717, 1.165) is 70.6 Å². The van der Waals surface area contributed by atoms with Gasteiger partial charge in [0.05, 0.1) is 5.41 Å². The molecule has 0 aromatic carbocycles. The Hall–Kier alpha value is -1.06. The fraction of sp³-hybridized carbons (Fsp3) is 0.939. The van der Waals surface area contributed by atoms with E-state index in [1.165, 1.54) is 51.4 Å². The molecule has 220 valence electrons. The van der Waals surface area contributed by atoms with Crippen LogP contribution in [0.2, 0.25) is 0 Å². The predicted molar refractivity (Wildman–Crippen MR) is 158 cm³/mol. The van der Waals surface area contributed by atoms with Crippen LogP contribution < -0.4 is 0 Å². The number of hydrogen-bond donors (Lipinski definition) is 2. The van der Waals surface area contributed by atoms with E-state index in [4.69, 9.17) is 5.11 Å². The van der Waals surface area contributed by atoms with E-state index in [0.29, 0.717) is 23.7 Å². The van der Waals surface area contributed by atoms with Gasteiger partial charge in [-0.05, 0) is 49.4 Å². The van der Waals surface area contributed by atoms with Crippen molar-refractivity contribution >= 4 is 11.9 Å². The zero-order valence-corrected chi connectivity index (χ0v) is 25.7. The molecule has 0 amide bonds. The van der Waals surface area contributed by atoms with Crippen LogP contribution in [0.3, 0.4) is 0 Å². The second-order valence-corrected chi connectivity index (χ2v) is 12.4. The normalized spacial score (nSPS) is 15.9. The van der Waals surface area contributed by atoms with Crippen molar-refractivity contribution in [3.8, 4) is 0 Å². The van der Waals surface area contributed by atoms with Crippen molar-refractivity contribution in [1.29, 1.82) is 0 Å². The van der Waals surface area contributed by atoms with E-state index in [-0.39, 0.29) is 6.42 Å². The zero-order chi connectivity index (χ0) is 28.1. The number of rotatable bonds is 26. The number of carbonyl (C=O) groups is 2. The standard InChI is InChI=1S/C33H64O4/c1-7-11-20-28(9-3)24-33(32(36)37,25-29(10-4)21-12-8-2)26-30(27(5)6)22-18-16-14-13-15-17-19-23-31(34)35/h27-30H,7-26H2,1-6H3,(H,34,35)(H,36,37). The highest BCUT2D eigenvalue weighted by Crippen LogP contribution is 2.46. The monoisotopic (exact) mass is 524 g/mol. The van der Waals surface area contributed by atoms with Crippen LogP contribution >= 0.6 is 0 Å². The first-order valence-electron chi connectivity index (χ1n) is 16.1. The second kappa shape index (κ2) is 21.8. The quantitative estimate of drug-likeness (QED) is 0.110. The van der Waals surface area contributed by atoms with Crippen LogP contribution in [0.15, 0.2) is 0 Å². The highest BCUT2D eigenvalue weighted by atomic mass is 16.4. The second-order valence-electron chi connectivity index (χ2n) is 12.4. The summed E-state index contributed by atoms with van der Waals surface area (Å²) in [6, 6.07) is 0. The highest BCUT2D eigenvalue weighted by Gasteiger charge is 2.43. The van der Waals surface area contributed by atoms with Gasteiger partial charge < -0.3 is 10.2 Å². The topological polar surface area (TPSA) is 74.6 Å². The molecule has 0 fully saturated rings. The lowest BCUT2D eigenvalue weighted by atomic mass is 9.64. The van der Waals surface area contributed by atoms with E-state index >= 15 is 0 Å². The first-order chi connectivity index (χ1) is 17.6. The third kappa shape index (κ3) is 16.5. The Morgan fingerprint density at radius 2 is 1.08 bits per heavy atom. The zero-order valence-electron chi connectivity index (χ0n) is 25.7. The Morgan fingerprint density at radius 1 is 0.622 bits per heavy atom. The molecule has 0 aromatic heterocycles. The lowest BCUT2D eigenvalue weighted by Gasteiger charge is -2.39. The summed E-state index contributed by atoms with van der Waals surface area (Å²) < 4.78 is 0. The average Bonchev–Trinajstić information content (AvgIpc) is 2.86. The van der Waals surface area contributed by atoms with E-state index in [2.05, 4.69) is 41.5 Å². The summed E-state index contributed by atoms with van der Waals surface area (Å²) in [5, 5.41) is 19.6. The fourth-order valence-electron chi connectivity index (χ4n) is 6.24. The summed E-state index contributed by atoms with van der Waals surface area (Å²) in [5.41, 5.74) is -0.595. The summed E-state index contributed by atoms with van der Waals surface area (Å²) in [6.45, 7) is 13.6. The maximum Gasteiger partial charge on any atom is 0.309 e. The lowest BCUT2D eigenvalue weighted by molar-refractivity contribution is -0.153. The van der Waals surface area contributed by atoms with Gasteiger partial charge in [0.2, 0.25) is 0 Å².